The number of benzene rings is 1. The molecule has 2 heterocycles. The summed E-state index contributed by atoms with van der Waals surface area (Å²) in [7, 11) is 0. The maximum atomic E-state index is 5.75. The minimum atomic E-state index is 0.499. The van der Waals surface area contributed by atoms with Gasteiger partial charge in [-0.1, -0.05) is 29.4 Å². The molecule has 5 nitrogen and oxygen atoms in total. The average Bonchev–Trinajstić information content (AvgIpc) is 2.96. The maximum absolute atomic E-state index is 5.75. The second kappa shape index (κ2) is 5.85. The van der Waals surface area contributed by atoms with Crippen molar-refractivity contribution in [3.8, 4) is 11.4 Å². The van der Waals surface area contributed by atoms with E-state index in [0.29, 0.717) is 24.7 Å². The molecule has 0 spiro atoms. The average molecular weight is 280 g/mol. The van der Waals surface area contributed by atoms with E-state index in [1.54, 1.807) is 12.4 Å². The molecule has 0 saturated carbocycles. The van der Waals surface area contributed by atoms with Gasteiger partial charge in [-0.2, -0.15) is 4.98 Å². The van der Waals surface area contributed by atoms with E-state index in [1.807, 2.05) is 37.3 Å². The van der Waals surface area contributed by atoms with E-state index in [4.69, 9.17) is 10.3 Å². The topological polar surface area (TPSA) is 77.8 Å². The summed E-state index contributed by atoms with van der Waals surface area (Å²) >= 11 is 0. The van der Waals surface area contributed by atoms with Crippen LogP contribution in [-0.2, 0) is 13.0 Å². The van der Waals surface area contributed by atoms with Crippen LogP contribution in [0.2, 0.25) is 0 Å². The first-order valence-corrected chi connectivity index (χ1v) is 6.78. The quantitative estimate of drug-likeness (QED) is 0.794. The molecular weight excluding hydrogens is 264 g/mol. The van der Waals surface area contributed by atoms with Crippen LogP contribution < -0.4 is 5.73 Å². The van der Waals surface area contributed by atoms with Crippen LogP contribution in [0.5, 0.6) is 0 Å². The highest BCUT2D eigenvalue weighted by molar-refractivity contribution is 5.57. The molecule has 5 heteroatoms. The van der Waals surface area contributed by atoms with E-state index in [-0.39, 0.29) is 0 Å². The standard InChI is InChI=1S/C16H16N4O/c1-11-6-7-18-10-14(11)16-19-15(21-20-16)8-12-4-2-3-5-13(12)9-17/h2-7,10H,8-9,17H2,1H3. The molecule has 0 saturated heterocycles. The fourth-order valence-electron chi connectivity index (χ4n) is 2.23. The van der Waals surface area contributed by atoms with Gasteiger partial charge in [-0.3, -0.25) is 4.98 Å². The lowest BCUT2D eigenvalue weighted by atomic mass is 10.0. The lowest BCUT2D eigenvalue weighted by Gasteiger charge is -2.03. The fraction of sp³-hybridized carbons (Fsp3) is 0.188. The summed E-state index contributed by atoms with van der Waals surface area (Å²) in [5, 5.41) is 4.04. The molecule has 0 bridgehead atoms. The largest absolute Gasteiger partial charge is 0.339 e. The van der Waals surface area contributed by atoms with Crippen molar-refractivity contribution in [1.82, 2.24) is 15.1 Å². The van der Waals surface area contributed by atoms with Crippen LogP contribution in [0.3, 0.4) is 0 Å². The number of nitrogens with two attached hydrogens (primary N) is 1. The second-order valence-electron chi connectivity index (χ2n) is 4.85. The van der Waals surface area contributed by atoms with Crippen molar-refractivity contribution >= 4 is 0 Å². The Morgan fingerprint density at radius 1 is 1.14 bits per heavy atom. The SMILES string of the molecule is Cc1ccncc1-c1noc(Cc2ccccc2CN)n1. The molecule has 0 radical (unpaired) electrons. The van der Waals surface area contributed by atoms with Crippen molar-refractivity contribution in [3.05, 3.63) is 65.3 Å². The van der Waals surface area contributed by atoms with Gasteiger partial charge in [-0.25, -0.2) is 0 Å². The lowest BCUT2D eigenvalue weighted by Crippen LogP contribution is -2.02. The molecule has 0 fully saturated rings. The minimum Gasteiger partial charge on any atom is -0.339 e. The van der Waals surface area contributed by atoms with E-state index < -0.39 is 0 Å². The van der Waals surface area contributed by atoms with Crippen molar-refractivity contribution in [2.24, 2.45) is 5.73 Å². The molecule has 0 amide bonds. The van der Waals surface area contributed by atoms with Crippen LogP contribution in [0.15, 0.2) is 47.2 Å². The smallest absolute Gasteiger partial charge is 0.231 e. The molecule has 0 unspecified atom stereocenters. The normalized spacial score (nSPS) is 10.8. The molecular formula is C16H16N4O. The highest BCUT2D eigenvalue weighted by atomic mass is 16.5. The zero-order valence-electron chi connectivity index (χ0n) is 11.8. The molecule has 2 aromatic heterocycles. The van der Waals surface area contributed by atoms with Gasteiger partial charge in [0, 0.05) is 24.5 Å². The van der Waals surface area contributed by atoms with Gasteiger partial charge in [0.2, 0.25) is 11.7 Å². The molecule has 3 aromatic rings. The summed E-state index contributed by atoms with van der Waals surface area (Å²) in [4.78, 5) is 8.56. The van der Waals surface area contributed by atoms with Gasteiger partial charge in [0.05, 0.1) is 6.42 Å². The highest BCUT2D eigenvalue weighted by Crippen LogP contribution is 2.20. The van der Waals surface area contributed by atoms with Gasteiger partial charge in [0.25, 0.3) is 0 Å². The Labute approximate surface area is 122 Å². The predicted molar refractivity (Wildman–Crippen MR) is 79.4 cm³/mol. The molecule has 0 aliphatic carbocycles. The Hall–Kier alpha value is -2.53. The minimum absolute atomic E-state index is 0.499. The Morgan fingerprint density at radius 3 is 2.71 bits per heavy atom. The van der Waals surface area contributed by atoms with Gasteiger partial charge < -0.3 is 10.3 Å². The van der Waals surface area contributed by atoms with Crippen molar-refractivity contribution in [3.63, 3.8) is 0 Å². The molecule has 0 atom stereocenters. The number of hydrogen-bond acceptors (Lipinski definition) is 5. The summed E-state index contributed by atoms with van der Waals surface area (Å²) in [6.07, 6.45) is 4.08. The molecule has 106 valence electrons. The van der Waals surface area contributed by atoms with Crippen molar-refractivity contribution in [1.29, 1.82) is 0 Å². The van der Waals surface area contributed by atoms with Crippen LogP contribution in [0.1, 0.15) is 22.6 Å². The number of aryl methyl sites for hydroxylation is 1. The number of pyridine rings is 1. The van der Waals surface area contributed by atoms with Gasteiger partial charge >= 0.3 is 0 Å². The summed E-state index contributed by atoms with van der Waals surface area (Å²) < 4.78 is 5.35. The zero-order chi connectivity index (χ0) is 14.7. The van der Waals surface area contributed by atoms with Crippen molar-refractivity contribution in [2.45, 2.75) is 19.9 Å². The molecule has 0 aliphatic heterocycles. The first-order valence-electron chi connectivity index (χ1n) is 6.78. The molecule has 0 aliphatic rings. The maximum Gasteiger partial charge on any atom is 0.231 e. The van der Waals surface area contributed by atoms with Gasteiger partial charge in [-0.05, 0) is 29.7 Å². The molecule has 1 aromatic carbocycles. The Bertz CT molecular complexity index is 751. The predicted octanol–water partition coefficient (Wildman–Crippen LogP) is 2.49. The van der Waals surface area contributed by atoms with Crippen LogP contribution >= 0.6 is 0 Å². The monoisotopic (exact) mass is 280 g/mol. The lowest BCUT2D eigenvalue weighted by molar-refractivity contribution is 0.385. The van der Waals surface area contributed by atoms with E-state index in [0.717, 1.165) is 22.3 Å². The number of hydrogen-bond donors (Lipinski definition) is 1. The first kappa shape index (κ1) is 13.5. The van der Waals surface area contributed by atoms with Gasteiger partial charge in [0.15, 0.2) is 0 Å². The third-order valence-electron chi connectivity index (χ3n) is 3.43. The summed E-state index contributed by atoms with van der Waals surface area (Å²) in [5.74, 6) is 1.15. The Kier molecular flexibility index (Phi) is 3.75. The number of aromatic nitrogens is 3. The number of nitrogens with zero attached hydrogens (tertiary/aromatic N) is 3. The van der Waals surface area contributed by atoms with Crippen molar-refractivity contribution < 1.29 is 4.52 Å². The van der Waals surface area contributed by atoms with Crippen LogP contribution in [0.25, 0.3) is 11.4 Å². The Balaban J connectivity index is 1.87. The summed E-state index contributed by atoms with van der Waals surface area (Å²) in [5.41, 5.74) is 9.90. The number of rotatable bonds is 4. The zero-order valence-corrected chi connectivity index (χ0v) is 11.8. The molecule has 21 heavy (non-hydrogen) atoms. The van der Waals surface area contributed by atoms with E-state index in [9.17, 15) is 0 Å². The van der Waals surface area contributed by atoms with E-state index >= 15 is 0 Å². The molecule has 3 rings (SSSR count). The Morgan fingerprint density at radius 2 is 1.95 bits per heavy atom. The van der Waals surface area contributed by atoms with E-state index in [2.05, 4.69) is 15.1 Å². The third-order valence-corrected chi connectivity index (χ3v) is 3.43. The van der Waals surface area contributed by atoms with E-state index in [1.165, 1.54) is 0 Å². The first-order chi connectivity index (χ1) is 10.3. The second-order valence-corrected chi connectivity index (χ2v) is 4.85. The highest BCUT2D eigenvalue weighted by Gasteiger charge is 2.12. The fourth-order valence-corrected chi connectivity index (χ4v) is 2.23. The third kappa shape index (κ3) is 2.83. The van der Waals surface area contributed by atoms with Crippen LogP contribution in [0.4, 0.5) is 0 Å². The van der Waals surface area contributed by atoms with Gasteiger partial charge in [-0.15, -0.1) is 0 Å². The molecule has 2 N–H and O–H groups in total. The summed E-state index contributed by atoms with van der Waals surface area (Å²) in [6, 6.07) is 9.93. The van der Waals surface area contributed by atoms with Gasteiger partial charge in [0.1, 0.15) is 0 Å². The van der Waals surface area contributed by atoms with Crippen LogP contribution in [-0.4, -0.2) is 15.1 Å². The van der Waals surface area contributed by atoms with Crippen LogP contribution in [0, 0.1) is 6.92 Å². The summed E-state index contributed by atoms with van der Waals surface area (Å²) in [6.45, 7) is 2.50. The van der Waals surface area contributed by atoms with Crippen molar-refractivity contribution in [2.75, 3.05) is 0 Å².